The number of rotatable bonds is 9. The zero-order valence-corrected chi connectivity index (χ0v) is 23.8. The Bertz CT molecular complexity index is 2030. The van der Waals surface area contributed by atoms with Gasteiger partial charge in [-0.15, -0.1) is 0 Å². The molecule has 0 radical (unpaired) electrons. The van der Waals surface area contributed by atoms with Gasteiger partial charge in [0.25, 0.3) is 5.91 Å². The van der Waals surface area contributed by atoms with E-state index < -0.39 is 51.1 Å². The SMILES string of the molecule is CS(=O)(=O)n1cc(CC(=O)NC(Cc2cc(F)cc(F)c2)c2ncccc2-c2ccc(F)c(C(N)=O)c2)c2cc(F)ccc21. The second-order valence-corrected chi connectivity index (χ2v) is 12.0. The normalized spacial score (nSPS) is 12.3. The number of nitrogens with two attached hydrogens (primary N) is 1. The van der Waals surface area contributed by atoms with Crippen molar-refractivity contribution in [3.05, 3.63) is 125 Å². The highest BCUT2D eigenvalue weighted by atomic mass is 32.2. The molecule has 8 nitrogen and oxygen atoms in total. The Hall–Kier alpha value is -5.04. The lowest BCUT2D eigenvalue weighted by Gasteiger charge is -2.22. The van der Waals surface area contributed by atoms with Gasteiger partial charge >= 0.3 is 0 Å². The van der Waals surface area contributed by atoms with E-state index in [2.05, 4.69) is 10.3 Å². The standard InChI is InChI=1S/C31H24F4N4O4S/c1-44(42,43)39-16-19(24-15-20(32)5-7-28(24)39)13-29(40)38-27(11-17-9-21(33)14-22(34)10-17)30-23(3-2-8-37-30)18-4-6-26(35)25(12-18)31(36)41/h2-10,12,14-16,27H,11,13H2,1H3,(H2,36,41)(H,38,40). The summed E-state index contributed by atoms with van der Waals surface area (Å²) in [6.45, 7) is 0. The monoisotopic (exact) mass is 624 g/mol. The van der Waals surface area contributed by atoms with Gasteiger partial charge in [-0.3, -0.25) is 14.6 Å². The first-order valence-electron chi connectivity index (χ1n) is 13.1. The first-order chi connectivity index (χ1) is 20.8. The molecule has 0 spiro atoms. The van der Waals surface area contributed by atoms with E-state index in [4.69, 9.17) is 5.73 Å². The molecule has 0 saturated heterocycles. The minimum Gasteiger partial charge on any atom is -0.366 e. The van der Waals surface area contributed by atoms with Gasteiger partial charge in [-0.2, -0.15) is 0 Å². The molecule has 0 aliphatic rings. The maximum atomic E-state index is 14.2. The number of nitrogens with zero attached hydrogens (tertiary/aromatic N) is 2. The maximum Gasteiger partial charge on any atom is 0.251 e. The number of nitrogens with one attached hydrogen (secondary N) is 1. The van der Waals surface area contributed by atoms with Gasteiger partial charge in [-0.25, -0.2) is 30.0 Å². The molecule has 226 valence electrons. The molecule has 1 unspecified atom stereocenters. The van der Waals surface area contributed by atoms with E-state index in [-0.39, 0.29) is 46.1 Å². The Labute approximate surface area is 249 Å². The number of fused-ring (bicyclic) bond motifs is 1. The third-order valence-corrected chi connectivity index (χ3v) is 7.95. The summed E-state index contributed by atoms with van der Waals surface area (Å²) in [5, 5.41) is 3.00. The molecule has 5 aromatic rings. The lowest BCUT2D eigenvalue weighted by Crippen LogP contribution is -2.32. The molecule has 2 aromatic heterocycles. The third kappa shape index (κ3) is 6.47. The average molecular weight is 625 g/mol. The Balaban J connectivity index is 1.56. The maximum absolute atomic E-state index is 14.2. The first kappa shape index (κ1) is 30.4. The number of hydrogen-bond donors (Lipinski definition) is 2. The van der Waals surface area contributed by atoms with Crippen molar-refractivity contribution < 1.29 is 35.6 Å². The van der Waals surface area contributed by atoms with Crippen LogP contribution in [0.1, 0.15) is 33.2 Å². The van der Waals surface area contributed by atoms with Crippen LogP contribution in [0.25, 0.3) is 22.0 Å². The highest BCUT2D eigenvalue weighted by molar-refractivity contribution is 7.89. The summed E-state index contributed by atoms with van der Waals surface area (Å²) >= 11 is 0. The van der Waals surface area contributed by atoms with Crippen LogP contribution in [0.2, 0.25) is 0 Å². The highest BCUT2D eigenvalue weighted by Crippen LogP contribution is 2.31. The van der Waals surface area contributed by atoms with Crippen molar-refractivity contribution in [2.24, 2.45) is 5.73 Å². The minimum absolute atomic E-state index is 0.145. The molecule has 3 aromatic carbocycles. The summed E-state index contributed by atoms with van der Waals surface area (Å²) in [7, 11) is -3.80. The smallest absolute Gasteiger partial charge is 0.251 e. The van der Waals surface area contributed by atoms with Crippen LogP contribution >= 0.6 is 0 Å². The van der Waals surface area contributed by atoms with Gasteiger partial charge in [-0.05, 0) is 71.6 Å². The molecule has 2 heterocycles. The van der Waals surface area contributed by atoms with Gasteiger partial charge in [0.15, 0.2) is 0 Å². The predicted molar refractivity (Wildman–Crippen MR) is 155 cm³/mol. The summed E-state index contributed by atoms with van der Waals surface area (Å²) in [5.74, 6) is -4.80. The molecule has 5 rings (SSSR count). The summed E-state index contributed by atoms with van der Waals surface area (Å²) < 4.78 is 82.2. The van der Waals surface area contributed by atoms with Gasteiger partial charge in [0, 0.05) is 29.4 Å². The lowest BCUT2D eigenvalue weighted by molar-refractivity contribution is -0.121. The summed E-state index contributed by atoms with van der Waals surface area (Å²) in [6, 6.07) is 12.2. The molecule has 13 heteroatoms. The molecule has 0 saturated carbocycles. The van der Waals surface area contributed by atoms with E-state index in [9.17, 15) is 35.6 Å². The van der Waals surface area contributed by atoms with Crippen molar-refractivity contribution >= 4 is 32.7 Å². The number of pyridine rings is 1. The van der Waals surface area contributed by atoms with Crippen molar-refractivity contribution in [3.8, 4) is 11.1 Å². The Morgan fingerprint density at radius 1 is 0.955 bits per heavy atom. The van der Waals surface area contributed by atoms with Crippen molar-refractivity contribution in [2.45, 2.75) is 18.9 Å². The largest absolute Gasteiger partial charge is 0.366 e. The van der Waals surface area contributed by atoms with E-state index in [1.54, 1.807) is 12.1 Å². The topological polar surface area (TPSA) is 124 Å². The van der Waals surface area contributed by atoms with Crippen molar-refractivity contribution in [1.82, 2.24) is 14.3 Å². The predicted octanol–water partition coefficient (Wildman–Crippen LogP) is 4.81. The van der Waals surface area contributed by atoms with E-state index in [1.807, 2.05) is 0 Å². The van der Waals surface area contributed by atoms with Crippen LogP contribution in [0.3, 0.4) is 0 Å². The van der Waals surface area contributed by atoms with Crippen LogP contribution in [-0.2, 0) is 27.7 Å². The lowest BCUT2D eigenvalue weighted by atomic mass is 9.94. The number of primary amides is 1. The Morgan fingerprint density at radius 3 is 2.36 bits per heavy atom. The van der Waals surface area contributed by atoms with Gasteiger partial charge in [0.05, 0.1) is 35.5 Å². The molecule has 2 amide bonds. The summed E-state index contributed by atoms with van der Waals surface area (Å²) in [6.07, 6.45) is 3.09. The average Bonchev–Trinajstić information content (AvgIpc) is 3.30. The number of benzene rings is 3. The number of carbonyl (C=O) groups excluding carboxylic acids is 2. The van der Waals surface area contributed by atoms with Crippen LogP contribution in [0.5, 0.6) is 0 Å². The van der Waals surface area contributed by atoms with Gasteiger partial charge in [0.2, 0.25) is 15.9 Å². The number of carbonyl (C=O) groups is 2. The molecule has 1 atom stereocenters. The fourth-order valence-electron chi connectivity index (χ4n) is 5.07. The zero-order chi connectivity index (χ0) is 31.8. The van der Waals surface area contributed by atoms with Crippen LogP contribution in [0.15, 0.2) is 79.1 Å². The second kappa shape index (κ2) is 11.9. The number of hydrogen-bond acceptors (Lipinski definition) is 5. The summed E-state index contributed by atoms with van der Waals surface area (Å²) in [4.78, 5) is 29.7. The third-order valence-electron chi connectivity index (χ3n) is 6.93. The van der Waals surface area contributed by atoms with E-state index in [0.717, 1.165) is 40.6 Å². The number of aromatic nitrogens is 2. The molecule has 0 bridgehead atoms. The van der Waals surface area contributed by atoms with Crippen LogP contribution in [0.4, 0.5) is 17.6 Å². The molecular weight excluding hydrogens is 600 g/mol. The molecular formula is C31H24F4N4O4S. The van der Waals surface area contributed by atoms with E-state index in [0.29, 0.717) is 17.2 Å². The van der Waals surface area contributed by atoms with Gasteiger partial charge < -0.3 is 11.1 Å². The molecule has 0 aliphatic heterocycles. The minimum atomic E-state index is -3.80. The van der Waals surface area contributed by atoms with Crippen LogP contribution in [-0.4, -0.2) is 35.4 Å². The van der Waals surface area contributed by atoms with Crippen molar-refractivity contribution in [3.63, 3.8) is 0 Å². The van der Waals surface area contributed by atoms with Crippen molar-refractivity contribution in [1.29, 1.82) is 0 Å². The van der Waals surface area contributed by atoms with E-state index >= 15 is 0 Å². The number of halogens is 4. The highest BCUT2D eigenvalue weighted by Gasteiger charge is 2.24. The Morgan fingerprint density at radius 2 is 1.68 bits per heavy atom. The quantitative estimate of drug-likeness (QED) is 0.228. The molecule has 0 fully saturated rings. The molecule has 44 heavy (non-hydrogen) atoms. The Kier molecular flexibility index (Phi) is 8.24. The fourth-order valence-corrected chi connectivity index (χ4v) is 5.91. The fraction of sp³-hybridized carbons (Fsp3) is 0.129. The first-order valence-corrected chi connectivity index (χ1v) is 14.9. The van der Waals surface area contributed by atoms with Gasteiger partial charge in [-0.1, -0.05) is 12.1 Å². The molecule has 3 N–H and O–H groups in total. The van der Waals surface area contributed by atoms with Crippen LogP contribution < -0.4 is 11.1 Å². The van der Waals surface area contributed by atoms with Crippen molar-refractivity contribution in [2.75, 3.05) is 6.26 Å². The second-order valence-electron chi connectivity index (χ2n) is 10.1. The van der Waals surface area contributed by atoms with Gasteiger partial charge in [0.1, 0.15) is 23.3 Å². The zero-order valence-electron chi connectivity index (χ0n) is 23.0. The van der Waals surface area contributed by atoms with Crippen LogP contribution in [0, 0.1) is 23.3 Å². The number of amides is 2. The summed E-state index contributed by atoms with van der Waals surface area (Å²) in [5.41, 5.74) is 6.43. The molecule has 0 aliphatic carbocycles. The van der Waals surface area contributed by atoms with E-state index in [1.165, 1.54) is 30.6 Å².